The number of carboxylic acid groups (broad SMARTS) is 1. The van der Waals surface area contributed by atoms with Gasteiger partial charge in [-0.1, -0.05) is 0 Å². The van der Waals surface area contributed by atoms with Crippen LogP contribution in [0.15, 0.2) is 24.3 Å². The molecule has 0 aromatic heterocycles. The zero-order valence-electron chi connectivity index (χ0n) is 11.2. The third kappa shape index (κ3) is 2.94. The zero-order chi connectivity index (χ0) is 13.9. The number of carboxylic acids is 1. The Kier molecular flexibility index (Phi) is 3.89. The van der Waals surface area contributed by atoms with Gasteiger partial charge in [0.1, 0.15) is 12.4 Å². The second kappa shape index (κ2) is 5.81. The fraction of sp³-hybridized carbons (Fsp3) is 0.533. The van der Waals surface area contributed by atoms with Crippen molar-refractivity contribution in [3.63, 3.8) is 0 Å². The Bertz CT molecular complexity index is 473. The van der Waals surface area contributed by atoms with E-state index in [-0.39, 0.29) is 5.56 Å². The fourth-order valence-corrected chi connectivity index (χ4v) is 2.96. The van der Waals surface area contributed by atoms with E-state index < -0.39 is 5.97 Å². The van der Waals surface area contributed by atoms with Crippen molar-refractivity contribution in [3.05, 3.63) is 29.8 Å². The Morgan fingerprint density at radius 1 is 1.35 bits per heavy atom. The van der Waals surface area contributed by atoms with E-state index in [2.05, 4.69) is 5.32 Å². The summed E-state index contributed by atoms with van der Waals surface area (Å²) in [6, 6.07) is 6.93. The maximum atomic E-state index is 10.7. The maximum Gasteiger partial charge on any atom is 0.335 e. The molecule has 2 bridgehead atoms. The summed E-state index contributed by atoms with van der Waals surface area (Å²) in [7, 11) is 0. The van der Waals surface area contributed by atoms with Gasteiger partial charge in [0.2, 0.25) is 0 Å². The van der Waals surface area contributed by atoms with E-state index in [1.165, 1.54) is 12.8 Å². The lowest BCUT2D eigenvalue weighted by Gasteiger charge is -2.20. The lowest BCUT2D eigenvalue weighted by Crippen LogP contribution is -2.39. The van der Waals surface area contributed by atoms with E-state index in [9.17, 15) is 4.79 Å². The van der Waals surface area contributed by atoms with Crippen LogP contribution in [0.2, 0.25) is 0 Å². The first kappa shape index (κ1) is 13.4. The molecule has 3 rings (SSSR count). The highest BCUT2D eigenvalue weighted by Gasteiger charge is 2.40. The van der Waals surface area contributed by atoms with E-state index >= 15 is 0 Å². The number of nitrogens with one attached hydrogen (secondary N) is 1. The summed E-state index contributed by atoms with van der Waals surface area (Å²) in [5.41, 5.74) is 0.273. The van der Waals surface area contributed by atoms with Crippen LogP contribution in [-0.4, -0.2) is 42.5 Å². The number of aromatic carboxylic acids is 1. The third-order valence-electron chi connectivity index (χ3n) is 3.98. The quantitative estimate of drug-likeness (QED) is 0.774. The van der Waals surface area contributed by atoms with Crippen molar-refractivity contribution in [2.45, 2.75) is 37.5 Å². The van der Waals surface area contributed by atoms with Crippen molar-refractivity contribution in [2.75, 3.05) is 13.2 Å². The van der Waals surface area contributed by atoms with Crippen LogP contribution in [0, 0.1) is 0 Å². The number of ether oxygens (including phenoxy) is 2. The van der Waals surface area contributed by atoms with E-state index in [1.54, 1.807) is 24.3 Å². The van der Waals surface area contributed by atoms with Gasteiger partial charge >= 0.3 is 5.97 Å². The Labute approximate surface area is 117 Å². The van der Waals surface area contributed by atoms with Gasteiger partial charge in [-0.2, -0.15) is 0 Å². The molecule has 2 fully saturated rings. The number of fused-ring (bicyclic) bond motifs is 2. The molecule has 5 heteroatoms. The molecule has 2 N–H and O–H groups in total. The van der Waals surface area contributed by atoms with Crippen molar-refractivity contribution in [1.82, 2.24) is 5.32 Å². The van der Waals surface area contributed by atoms with Gasteiger partial charge in [-0.25, -0.2) is 4.79 Å². The molecular weight excluding hydrogens is 258 g/mol. The van der Waals surface area contributed by atoms with Crippen molar-refractivity contribution < 1.29 is 19.4 Å². The highest BCUT2D eigenvalue weighted by molar-refractivity contribution is 5.87. The molecule has 20 heavy (non-hydrogen) atoms. The van der Waals surface area contributed by atoms with E-state index in [4.69, 9.17) is 14.6 Å². The van der Waals surface area contributed by atoms with Crippen LogP contribution in [0.25, 0.3) is 0 Å². The summed E-state index contributed by atoms with van der Waals surface area (Å²) < 4.78 is 11.4. The van der Waals surface area contributed by atoms with Gasteiger partial charge in [0.25, 0.3) is 0 Å². The average molecular weight is 277 g/mol. The summed E-state index contributed by atoms with van der Waals surface area (Å²) in [5.74, 6) is -0.226. The molecule has 1 aromatic rings. The number of hydrogen-bond acceptors (Lipinski definition) is 4. The third-order valence-corrected chi connectivity index (χ3v) is 3.98. The van der Waals surface area contributed by atoms with Gasteiger partial charge in [0.15, 0.2) is 0 Å². The average Bonchev–Trinajstić information content (AvgIpc) is 3.06. The first-order valence-electron chi connectivity index (χ1n) is 7.07. The minimum absolute atomic E-state index is 0.273. The number of rotatable bonds is 6. The molecule has 3 unspecified atom stereocenters. The summed E-state index contributed by atoms with van der Waals surface area (Å²) in [5, 5.41) is 12.3. The fourth-order valence-electron chi connectivity index (χ4n) is 2.96. The molecule has 108 valence electrons. The minimum Gasteiger partial charge on any atom is -0.492 e. The first-order chi connectivity index (χ1) is 9.72. The van der Waals surface area contributed by atoms with Crippen LogP contribution in [0.5, 0.6) is 5.75 Å². The minimum atomic E-state index is -0.922. The molecule has 0 saturated carbocycles. The topological polar surface area (TPSA) is 67.8 Å². The molecular formula is C15H19NO4. The van der Waals surface area contributed by atoms with Crippen molar-refractivity contribution in [2.24, 2.45) is 0 Å². The summed E-state index contributed by atoms with van der Waals surface area (Å²) in [6.45, 7) is 1.35. The van der Waals surface area contributed by atoms with Gasteiger partial charge in [-0.3, -0.25) is 0 Å². The lowest BCUT2D eigenvalue weighted by molar-refractivity contribution is 0.0697. The molecule has 5 nitrogen and oxygen atoms in total. The molecule has 2 aliphatic rings. The van der Waals surface area contributed by atoms with Crippen LogP contribution >= 0.6 is 0 Å². The van der Waals surface area contributed by atoms with E-state index in [1.807, 2.05) is 0 Å². The second-order valence-corrected chi connectivity index (χ2v) is 5.35. The molecule has 0 aliphatic carbocycles. The van der Waals surface area contributed by atoms with Crippen molar-refractivity contribution in [3.8, 4) is 5.75 Å². The maximum absolute atomic E-state index is 10.7. The normalized spacial score (nSPS) is 27.7. The first-order valence-corrected chi connectivity index (χ1v) is 7.07. The molecule has 2 heterocycles. The summed E-state index contributed by atoms with van der Waals surface area (Å²) >= 11 is 0. The standard InChI is InChI=1S/C15H19NO4/c17-15(18)10-1-3-11(4-2-10)19-8-7-16-13-9-12-5-6-14(13)20-12/h1-4,12-14,16H,5-9H2,(H,17,18). The smallest absolute Gasteiger partial charge is 0.335 e. The van der Waals surface area contributed by atoms with Crippen LogP contribution in [0.1, 0.15) is 29.6 Å². The summed E-state index contributed by atoms with van der Waals surface area (Å²) in [4.78, 5) is 10.7. The van der Waals surface area contributed by atoms with E-state index in [0.29, 0.717) is 30.6 Å². The second-order valence-electron chi connectivity index (χ2n) is 5.35. The zero-order valence-corrected chi connectivity index (χ0v) is 11.2. The van der Waals surface area contributed by atoms with Gasteiger partial charge in [-0.15, -0.1) is 0 Å². The highest BCUT2D eigenvalue weighted by atomic mass is 16.5. The lowest BCUT2D eigenvalue weighted by atomic mass is 9.95. The number of carbonyl (C=O) groups is 1. The predicted octanol–water partition coefficient (Wildman–Crippen LogP) is 1.67. The van der Waals surface area contributed by atoms with Crippen molar-refractivity contribution in [1.29, 1.82) is 0 Å². The highest BCUT2D eigenvalue weighted by Crippen LogP contribution is 2.34. The Balaban J connectivity index is 1.38. The Morgan fingerprint density at radius 2 is 2.15 bits per heavy atom. The molecule has 2 aliphatic heterocycles. The Hall–Kier alpha value is -1.59. The predicted molar refractivity (Wildman–Crippen MR) is 73.2 cm³/mol. The molecule has 0 amide bonds. The molecule has 3 atom stereocenters. The van der Waals surface area contributed by atoms with Crippen molar-refractivity contribution >= 4 is 5.97 Å². The van der Waals surface area contributed by atoms with Gasteiger partial charge in [0, 0.05) is 12.6 Å². The van der Waals surface area contributed by atoms with Gasteiger partial charge in [-0.05, 0) is 43.5 Å². The van der Waals surface area contributed by atoms with Crippen LogP contribution < -0.4 is 10.1 Å². The molecule has 2 saturated heterocycles. The molecule has 0 spiro atoms. The van der Waals surface area contributed by atoms with Crippen LogP contribution in [0.3, 0.4) is 0 Å². The SMILES string of the molecule is O=C(O)c1ccc(OCCNC2CC3CCC2O3)cc1. The largest absolute Gasteiger partial charge is 0.492 e. The Morgan fingerprint density at radius 3 is 2.75 bits per heavy atom. The van der Waals surface area contributed by atoms with Crippen LogP contribution in [0.4, 0.5) is 0 Å². The monoisotopic (exact) mass is 277 g/mol. The summed E-state index contributed by atoms with van der Waals surface area (Å²) in [6.07, 6.45) is 4.32. The number of benzene rings is 1. The molecule has 0 radical (unpaired) electrons. The van der Waals surface area contributed by atoms with Gasteiger partial charge < -0.3 is 19.9 Å². The number of hydrogen-bond donors (Lipinski definition) is 2. The van der Waals surface area contributed by atoms with Crippen LogP contribution in [-0.2, 0) is 4.74 Å². The van der Waals surface area contributed by atoms with Gasteiger partial charge in [0.05, 0.1) is 17.8 Å². The molecule has 1 aromatic carbocycles. The van der Waals surface area contributed by atoms with E-state index in [0.717, 1.165) is 13.0 Å².